The second-order valence-electron chi connectivity index (χ2n) is 4.68. The van der Waals surface area contributed by atoms with E-state index in [1.807, 2.05) is 0 Å². The predicted molar refractivity (Wildman–Crippen MR) is 65.5 cm³/mol. The minimum Gasteiger partial charge on any atom is -0.487 e. The zero-order chi connectivity index (χ0) is 13.0. The molecule has 0 aliphatic heterocycles. The summed E-state index contributed by atoms with van der Waals surface area (Å²) in [7, 11) is 0. The molecule has 0 aromatic heterocycles. The van der Waals surface area contributed by atoms with E-state index in [4.69, 9.17) is 9.84 Å². The average molecular weight is 252 g/mol. The van der Waals surface area contributed by atoms with Crippen LogP contribution in [0.15, 0.2) is 18.2 Å². The van der Waals surface area contributed by atoms with Gasteiger partial charge in [-0.1, -0.05) is 12.8 Å². The maximum Gasteiger partial charge on any atom is 0.335 e. The van der Waals surface area contributed by atoms with Crippen LogP contribution in [-0.2, 0) is 0 Å². The standard InChI is InChI=1S/C14H17FO3/c15-12-9-10(14(16)17)7-8-13(12)18-11-5-3-1-2-4-6-11/h7-9,11H,1-6H2,(H,16,17). The van der Waals surface area contributed by atoms with E-state index in [2.05, 4.69) is 0 Å². The van der Waals surface area contributed by atoms with Crippen LogP contribution in [0.25, 0.3) is 0 Å². The Hall–Kier alpha value is -1.58. The highest BCUT2D eigenvalue weighted by atomic mass is 19.1. The average Bonchev–Trinajstić information content (AvgIpc) is 2.60. The van der Waals surface area contributed by atoms with Gasteiger partial charge in [0.1, 0.15) is 0 Å². The molecule has 1 fully saturated rings. The minimum atomic E-state index is -1.13. The van der Waals surface area contributed by atoms with E-state index in [9.17, 15) is 9.18 Å². The Morgan fingerprint density at radius 1 is 1.22 bits per heavy atom. The summed E-state index contributed by atoms with van der Waals surface area (Å²) in [6, 6.07) is 3.79. The molecule has 1 aliphatic carbocycles. The van der Waals surface area contributed by atoms with Crippen molar-refractivity contribution in [3.63, 3.8) is 0 Å². The van der Waals surface area contributed by atoms with Crippen molar-refractivity contribution in [3.8, 4) is 5.75 Å². The van der Waals surface area contributed by atoms with Crippen molar-refractivity contribution in [3.05, 3.63) is 29.6 Å². The van der Waals surface area contributed by atoms with Crippen LogP contribution < -0.4 is 4.74 Å². The molecule has 18 heavy (non-hydrogen) atoms. The lowest BCUT2D eigenvalue weighted by Crippen LogP contribution is -2.16. The van der Waals surface area contributed by atoms with Gasteiger partial charge in [0.05, 0.1) is 11.7 Å². The molecule has 0 heterocycles. The van der Waals surface area contributed by atoms with E-state index in [1.54, 1.807) is 0 Å². The van der Waals surface area contributed by atoms with Gasteiger partial charge in [-0.3, -0.25) is 0 Å². The highest BCUT2D eigenvalue weighted by Crippen LogP contribution is 2.25. The summed E-state index contributed by atoms with van der Waals surface area (Å²) in [5.41, 5.74) is -0.0549. The number of aromatic carboxylic acids is 1. The van der Waals surface area contributed by atoms with Crippen LogP contribution in [-0.4, -0.2) is 17.2 Å². The summed E-state index contributed by atoms with van der Waals surface area (Å²) >= 11 is 0. The fourth-order valence-electron chi connectivity index (χ4n) is 2.27. The van der Waals surface area contributed by atoms with Gasteiger partial charge in [-0.2, -0.15) is 0 Å². The summed E-state index contributed by atoms with van der Waals surface area (Å²) in [4.78, 5) is 10.7. The largest absolute Gasteiger partial charge is 0.487 e. The number of carboxylic acid groups (broad SMARTS) is 1. The van der Waals surface area contributed by atoms with Crippen LogP contribution in [0.1, 0.15) is 48.9 Å². The number of ether oxygens (including phenoxy) is 1. The summed E-state index contributed by atoms with van der Waals surface area (Å²) in [5, 5.41) is 8.75. The number of hydrogen-bond acceptors (Lipinski definition) is 2. The number of hydrogen-bond donors (Lipinski definition) is 1. The summed E-state index contributed by atoms with van der Waals surface area (Å²) in [5.74, 6) is -1.57. The van der Waals surface area contributed by atoms with Gasteiger partial charge >= 0.3 is 5.97 Å². The zero-order valence-electron chi connectivity index (χ0n) is 10.2. The molecule has 0 unspecified atom stereocenters. The molecule has 98 valence electrons. The van der Waals surface area contributed by atoms with Gasteiger partial charge in [-0.25, -0.2) is 9.18 Å². The number of carboxylic acids is 1. The smallest absolute Gasteiger partial charge is 0.335 e. The first-order valence-corrected chi connectivity index (χ1v) is 6.36. The molecule has 2 rings (SSSR count). The Balaban J connectivity index is 2.06. The van der Waals surface area contributed by atoms with Gasteiger partial charge in [-0.15, -0.1) is 0 Å². The van der Waals surface area contributed by atoms with Crippen LogP contribution >= 0.6 is 0 Å². The molecule has 1 saturated carbocycles. The lowest BCUT2D eigenvalue weighted by atomic mass is 10.1. The number of halogens is 1. The quantitative estimate of drug-likeness (QED) is 0.836. The van der Waals surface area contributed by atoms with Crippen molar-refractivity contribution < 1.29 is 19.0 Å². The van der Waals surface area contributed by atoms with Gasteiger partial charge in [0, 0.05) is 0 Å². The van der Waals surface area contributed by atoms with E-state index in [-0.39, 0.29) is 17.4 Å². The zero-order valence-corrected chi connectivity index (χ0v) is 10.2. The van der Waals surface area contributed by atoms with Crippen molar-refractivity contribution in [2.75, 3.05) is 0 Å². The summed E-state index contributed by atoms with van der Waals surface area (Å²) in [6.07, 6.45) is 6.58. The first-order valence-electron chi connectivity index (χ1n) is 6.36. The Labute approximate surface area is 106 Å². The molecule has 1 N–H and O–H groups in total. The Morgan fingerprint density at radius 3 is 2.44 bits per heavy atom. The first kappa shape index (κ1) is 12.9. The Bertz CT molecular complexity index is 423. The van der Waals surface area contributed by atoms with Crippen LogP contribution in [0.3, 0.4) is 0 Å². The molecule has 4 heteroatoms. The van der Waals surface area contributed by atoms with E-state index in [0.29, 0.717) is 0 Å². The second kappa shape index (κ2) is 5.85. The Kier molecular flexibility index (Phi) is 4.18. The third-order valence-corrected chi connectivity index (χ3v) is 3.27. The fraction of sp³-hybridized carbons (Fsp3) is 0.500. The molecule has 1 aliphatic rings. The van der Waals surface area contributed by atoms with Gasteiger partial charge in [0.15, 0.2) is 11.6 Å². The second-order valence-corrected chi connectivity index (χ2v) is 4.68. The number of carbonyl (C=O) groups is 1. The van der Waals surface area contributed by atoms with E-state index >= 15 is 0 Å². The monoisotopic (exact) mass is 252 g/mol. The van der Waals surface area contributed by atoms with E-state index in [1.165, 1.54) is 25.0 Å². The number of rotatable bonds is 3. The van der Waals surface area contributed by atoms with Gasteiger partial charge in [-0.05, 0) is 43.9 Å². The maximum atomic E-state index is 13.7. The van der Waals surface area contributed by atoms with E-state index < -0.39 is 11.8 Å². The van der Waals surface area contributed by atoms with Gasteiger partial charge in [0.25, 0.3) is 0 Å². The van der Waals surface area contributed by atoms with Crippen molar-refractivity contribution in [2.45, 2.75) is 44.6 Å². The first-order chi connectivity index (χ1) is 8.66. The molecular weight excluding hydrogens is 235 g/mol. The van der Waals surface area contributed by atoms with Gasteiger partial charge in [0.2, 0.25) is 0 Å². The predicted octanol–water partition coefficient (Wildman–Crippen LogP) is 3.63. The number of benzene rings is 1. The molecule has 3 nitrogen and oxygen atoms in total. The Morgan fingerprint density at radius 2 is 1.89 bits per heavy atom. The lowest BCUT2D eigenvalue weighted by molar-refractivity contribution is 0.0696. The van der Waals surface area contributed by atoms with Crippen LogP contribution in [0.2, 0.25) is 0 Å². The topological polar surface area (TPSA) is 46.5 Å². The molecule has 0 spiro atoms. The molecule has 0 atom stereocenters. The van der Waals surface area contributed by atoms with Crippen molar-refractivity contribution in [1.29, 1.82) is 0 Å². The molecule has 1 aromatic carbocycles. The molecular formula is C14H17FO3. The van der Waals surface area contributed by atoms with Crippen LogP contribution in [0.5, 0.6) is 5.75 Å². The van der Waals surface area contributed by atoms with E-state index in [0.717, 1.165) is 31.7 Å². The van der Waals surface area contributed by atoms with Crippen molar-refractivity contribution in [2.24, 2.45) is 0 Å². The SMILES string of the molecule is O=C(O)c1ccc(OC2CCCCCC2)c(F)c1. The van der Waals surface area contributed by atoms with Gasteiger partial charge < -0.3 is 9.84 Å². The highest BCUT2D eigenvalue weighted by Gasteiger charge is 2.16. The molecule has 1 aromatic rings. The summed E-state index contributed by atoms with van der Waals surface area (Å²) in [6.45, 7) is 0. The third kappa shape index (κ3) is 3.22. The normalized spacial score (nSPS) is 17.2. The minimum absolute atomic E-state index is 0.0534. The van der Waals surface area contributed by atoms with Crippen molar-refractivity contribution in [1.82, 2.24) is 0 Å². The van der Waals surface area contributed by atoms with Crippen LogP contribution in [0, 0.1) is 5.82 Å². The molecule has 0 bridgehead atoms. The fourth-order valence-corrected chi connectivity index (χ4v) is 2.27. The molecule has 0 amide bonds. The lowest BCUT2D eigenvalue weighted by Gasteiger charge is -2.17. The van der Waals surface area contributed by atoms with Crippen LogP contribution in [0.4, 0.5) is 4.39 Å². The maximum absolute atomic E-state index is 13.7. The molecule has 0 radical (unpaired) electrons. The van der Waals surface area contributed by atoms with Crippen molar-refractivity contribution >= 4 is 5.97 Å². The summed E-state index contributed by atoms with van der Waals surface area (Å²) < 4.78 is 19.3. The third-order valence-electron chi connectivity index (χ3n) is 3.27. The molecule has 0 saturated heterocycles. The highest BCUT2D eigenvalue weighted by molar-refractivity contribution is 5.87.